The summed E-state index contributed by atoms with van der Waals surface area (Å²) in [5, 5.41) is 7.61. The topological polar surface area (TPSA) is 72.9 Å². The van der Waals surface area contributed by atoms with Crippen molar-refractivity contribution in [1.29, 1.82) is 0 Å². The maximum absolute atomic E-state index is 12.6. The Bertz CT molecular complexity index is 663. The fourth-order valence-electron chi connectivity index (χ4n) is 3.13. The first-order chi connectivity index (χ1) is 11.1. The first kappa shape index (κ1) is 18.5. The highest BCUT2D eigenvalue weighted by Crippen LogP contribution is 2.18. The molecule has 0 aliphatic heterocycles. The van der Waals surface area contributed by atoms with E-state index < -0.39 is 0 Å². The minimum atomic E-state index is -0.0398. The summed E-state index contributed by atoms with van der Waals surface area (Å²) in [5.74, 6) is -0.0398. The fourth-order valence-corrected chi connectivity index (χ4v) is 3.13. The second kappa shape index (κ2) is 8.31. The van der Waals surface area contributed by atoms with Crippen LogP contribution in [0.2, 0.25) is 0 Å². The van der Waals surface area contributed by atoms with Crippen molar-refractivity contribution in [3.63, 3.8) is 0 Å². The number of nitrogens with one attached hydrogen (secondary N) is 1. The first-order valence-electron chi connectivity index (χ1n) is 8.26. The van der Waals surface area contributed by atoms with Gasteiger partial charge in [-0.3, -0.25) is 9.48 Å². The normalized spacial score (nSPS) is 20.2. The van der Waals surface area contributed by atoms with Crippen LogP contribution in [-0.2, 0) is 6.54 Å². The van der Waals surface area contributed by atoms with E-state index >= 15 is 0 Å². The van der Waals surface area contributed by atoms with Crippen LogP contribution < -0.4 is 11.1 Å². The Kier molecular flexibility index (Phi) is 6.40. The maximum Gasteiger partial charge on any atom is 0.269 e. The number of nitrogens with two attached hydrogens (primary N) is 1. The molecule has 3 rings (SSSR count). The highest BCUT2D eigenvalue weighted by Gasteiger charge is 2.22. The van der Waals surface area contributed by atoms with Gasteiger partial charge in [0.05, 0.1) is 12.2 Å². The largest absolute Gasteiger partial charge is 0.348 e. The molecule has 2 aromatic rings. The summed E-state index contributed by atoms with van der Waals surface area (Å²) in [6, 6.07) is 12.4. The summed E-state index contributed by atoms with van der Waals surface area (Å²) in [6.07, 6.45) is 3.87. The van der Waals surface area contributed by atoms with E-state index in [0.717, 1.165) is 36.9 Å². The minimum Gasteiger partial charge on any atom is -0.348 e. The van der Waals surface area contributed by atoms with Crippen LogP contribution >= 0.6 is 12.4 Å². The Morgan fingerprint density at radius 1 is 1.25 bits per heavy atom. The molecule has 0 spiro atoms. The predicted molar refractivity (Wildman–Crippen MR) is 97.5 cm³/mol. The van der Waals surface area contributed by atoms with E-state index in [-0.39, 0.29) is 30.4 Å². The van der Waals surface area contributed by atoms with E-state index in [1.54, 1.807) is 4.68 Å². The van der Waals surface area contributed by atoms with E-state index in [1.807, 2.05) is 43.3 Å². The van der Waals surface area contributed by atoms with E-state index in [4.69, 9.17) is 5.73 Å². The number of rotatable bonds is 4. The zero-order valence-corrected chi connectivity index (χ0v) is 14.8. The third-order valence-electron chi connectivity index (χ3n) is 4.42. The second-order valence-electron chi connectivity index (χ2n) is 6.40. The van der Waals surface area contributed by atoms with Crippen molar-refractivity contribution in [2.45, 2.75) is 51.2 Å². The molecule has 1 aromatic carbocycles. The summed E-state index contributed by atoms with van der Waals surface area (Å²) in [5.41, 5.74) is 8.54. The highest BCUT2D eigenvalue weighted by atomic mass is 35.5. The number of amides is 1. The van der Waals surface area contributed by atoms with Crippen LogP contribution in [0.1, 0.15) is 47.4 Å². The summed E-state index contributed by atoms with van der Waals surface area (Å²) < 4.78 is 1.79. The molecular weight excluding hydrogens is 324 g/mol. The lowest BCUT2D eigenvalue weighted by atomic mass is 9.92. The van der Waals surface area contributed by atoms with Crippen molar-refractivity contribution in [1.82, 2.24) is 15.1 Å². The Balaban J connectivity index is 0.00000208. The van der Waals surface area contributed by atoms with Gasteiger partial charge in [0.25, 0.3) is 5.91 Å². The monoisotopic (exact) mass is 348 g/mol. The number of carbonyl (C=O) groups is 1. The van der Waals surface area contributed by atoms with Crippen molar-refractivity contribution in [3.05, 3.63) is 53.3 Å². The molecule has 1 fully saturated rings. The molecule has 1 amide bonds. The zero-order chi connectivity index (χ0) is 16.2. The minimum absolute atomic E-state index is 0. The van der Waals surface area contributed by atoms with Gasteiger partial charge in [0.2, 0.25) is 0 Å². The van der Waals surface area contributed by atoms with E-state index in [9.17, 15) is 4.79 Å². The third kappa shape index (κ3) is 4.58. The summed E-state index contributed by atoms with van der Waals surface area (Å²) in [7, 11) is 0. The molecular formula is C18H25ClN4O. The van der Waals surface area contributed by atoms with E-state index in [1.165, 1.54) is 0 Å². The molecule has 0 saturated heterocycles. The number of hydrogen-bond donors (Lipinski definition) is 2. The molecule has 0 atom stereocenters. The number of aryl methyl sites for hydroxylation is 1. The molecule has 5 nitrogen and oxygen atoms in total. The first-order valence-corrected chi connectivity index (χ1v) is 8.26. The van der Waals surface area contributed by atoms with Gasteiger partial charge in [0, 0.05) is 12.1 Å². The second-order valence-corrected chi connectivity index (χ2v) is 6.40. The SMILES string of the molecule is Cc1cc(C(=O)N[C@H]2CC[C@H](N)CC2)n(Cc2ccccc2)n1.Cl. The van der Waals surface area contributed by atoms with Gasteiger partial charge in [0.15, 0.2) is 0 Å². The van der Waals surface area contributed by atoms with Crippen LogP contribution in [0.15, 0.2) is 36.4 Å². The zero-order valence-electron chi connectivity index (χ0n) is 13.9. The number of hydrogen-bond acceptors (Lipinski definition) is 3. The van der Waals surface area contributed by atoms with E-state index in [0.29, 0.717) is 12.2 Å². The van der Waals surface area contributed by atoms with Gasteiger partial charge in [-0.1, -0.05) is 30.3 Å². The molecule has 24 heavy (non-hydrogen) atoms. The van der Waals surface area contributed by atoms with Crippen LogP contribution in [0.5, 0.6) is 0 Å². The smallest absolute Gasteiger partial charge is 0.269 e. The Labute approximate surface area is 149 Å². The quantitative estimate of drug-likeness (QED) is 0.892. The maximum atomic E-state index is 12.6. The van der Waals surface area contributed by atoms with Crippen LogP contribution in [0, 0.1) is 6.92 Å². The summed E-state index contributed by atoms with van der Waals surface area (Å²) in [4.78, 5) is 12.6. The van der Waals surface area contributed by atoms with Gasteiger partial charge in [0.1, 0.15) is 5.69 Å². The lowest BCUT2D eigenvalue weighted by Gasteiger charge is -2.26. The average molecular weight is 349 g/mol. The van der Waals surface area contributed by atoms with Gasteiger partial charge >= 0.3 is 0 Å². The molecule has 0 bridgehead atoms. The molecule has 6 heteroatoms. The summed E-state index contributed by atoms with van der Waals surface area (Å²) >= 11 is 0. The standard InChI is InChI=1S/C18H24N4O.ClH/c1-13-11-17(18(23)20-16-9-7-15(19)8-10-16)22(21-13)12-14-5-3-2-4-6-14;/h2-6,11,15-16H,7-10,12,19H2,1H3,(H,20,23);1H/t15-,16-;. The average Bonchev–Trinajstić information content (AvgIpc) is 2.91. The molecule has 1 saturated carbocycles. The van der Waals surface area contributed by atoms with Crippen molar-refractivity contribution in [2.75, 3.05) is 0 Å². The lowest BCUT2D eigenvalue weighted by molar-refractivity contribution is 0.0915. The Morgan fingerprint density at radius 2 is 1.92 bits per heavy atom. The lowest BCUT2D eigenvalue weighted by Crippen LogP contribution is -2.41. The van der Waals surface area contributed by atoms with Gasteiger partial charge in [-0.05, 0) is 44.2 Å². The van der Waals surface area contributed by atoms with Crippen LogP contribution in [0.4, 0.5) is 0 Å². The van der Waals surface area contributed by atoms with Crippen molar-refractivity contribution < 1.29 is 4.79 Å². The Hall–Kier alpha value is -1.85. The van der Waals surface area contributed by atoms with Gasteiger partial charge in [-0.25, -0.2) is 0 Å². The van der Waals surface area contributed by atoms with Gasteiger partial charge in [-0.2, -0.15) is 5.10 Å². The van der Waals surface area contributed by atoms with Crippen LogP contribution in [-0.4, -0.2) is 27.8 Å². The number of nitrogens with zero attached hydrogens (tertiary/aromatic N) is 2. The molecule has 1 aromatic heterocycles. The number of halogens is 1. The van der Waals surface area contributed by atoms with Gasteiger partial charge in [-0.15, -0.1) is 12.4 Å². The number of aromatic nitrogens is 2. The molecule has 1 aliphatic carbocycles. The van der Waals surface area contributed by atoms with Gasteiger partial charge < -0.3 is 11.1 Å². The molecule has 0 radical (unpaired) electrons. The molecule has 1 heterocycles. The summed E-state index contributed by atoms with van der Waals surface area (Å²) in [6.45, 7) is 2.52. The molecule has 3 N–H and O–H groups in total. The van der Waals surface area contributed by atoms with Crippen LogP contribution in [0.3, 0.4) is 0 Å². The predicted octanol–water partition coefficient (Wildman–Crippen LogP) is 2.66. The fraction of sp³-hybridized carbons (Fsp3) is 0.444. The van der Waals surface area contributed by atoms with Crippen molar-refractivity contribution in [2.24, 2.45) is 5.73 Å². The highest BCUT2D eigenvalue weighted by molar-refractivity contribution is 5.92. The third-order valence-corrected chi connectivity index (χ3v) is 4.42. The molecule has 0 unspecified atom stereocenters. The number of benzene rings is 1. The van der Waals surface area contributed by atoms with E-state index in [2.05, 4.69) is 10.4 Å². The Morgan fingerprint density at radius 3 is 2.58 bits per heavy atom. The van der Waals surface area contributed by atoms with Crippen LogP contribution in [0.25, 0.3) is 0 Å². The van der Waals surface area contributed by atoms with Crippen molar-refractivity contribution in [3.8, 4) is 0 Å². The molecule has 130 valence electrons. The number of carbonyl (C=O) groups excluding carboxylic acids is 1. The molecule has 1 aliphatic rings. The van der Waals surface area contributed by atoms with Crippen molar-refractivity contribution >= 4 is 18.3 Å².